The highest BCUT2D eigenvalue weighted by molar-refractivity contribution is 5.97. The lowest BCUT2D eigenvalue weighted by molar-refractivity contribution is -0.131. The van der Waals surface area contributed by atoms with E-state index in [9.17, 15) is 19.5 Å². The molecule has 0 bridgehead atoms. The number of benzene rings is 2. The van der Waals surface area contributed by atoms with Gasteiger partial charge in [0.2, 0.25) is 0 Å². The van der Waals surface area contributed by atoms with Crippen LogP contribution in [0.2, 0.25) is 0 Å². The number of rotatable bonds is 3. The van der Waals surface area contributed by atoms with Crippen LogP contribution in [0.15, 0.2) is 57.7 Å². The van der Waals surface area contributed by atoms with Crippen LogP contribution in [0.3, 0.4) is 0 Å². The molecule has 1 aromatic heterocycles. The lowest BCUT2D eigenvalue weighted by atomic mass is 10.0. The van der Waals surface area contributed by atoms with E-state index in [0.29, 0.717) is 16.7 Å². The summed E-state index contributed by atoms with van der Waals surface area (Å²) >= 11 is 0. The Kier molecular flexibility index (Phi) is 3.87. The van der Waals surface area contributed by atoms with Crippen LogP contribution in [-0.4, -0.2) is 17.0 Å². The van der Waals surface area contributed by atoms with E-state index in [4.69, 9.17) is 9.15 Å². The quantitative estimate of drug-likeness (QED) is 0.452. The van der Waals surface area contributed by atoms with Crippen molar-refractivity contribution in [3.63, 3.8) is 0 Å². The third kappa shape index (κ3) is 2.89. The summed E-state index contributed by atoms with van der Waals surface area (Å²) in [6, 6.07) is 12.3. The molecule has 0 saturated heterocycles. The normalized spacial score (nSPS) is 10.5. The highest BCUT2D eigenvalue weighted by atomic mass is 16.5. The summed E-state index contributed by atoms with van der Waals surface area (Å²) in [5, 5.41) is 9.80. The first-order valence-electron chi connectivity index (χ1n) is 7.05. The minimum atomic E-state index is -1.14. The van der Waals surface area contributed by atoms with Crippen molar-refractivity contribution >= 4 is 22.9 Å². The Morgan fingerprint density at radius 2 is 1.79 bits per heavy atom. The number of hydrogen-bond acceptors (Lipinski definition) is 5. The third-order valence-corrected chi connectivity index (χ3v) is 3.41. The molecule has 0 unspecified atom stereocenters. The maximum atomic E-state index is 12.2. The molecule has 0 radical (unpaired) electrons. The zero-order valence-corrected chi connectivity index (χ0v) is 12.6. The number of carbonyl (C=O) groups excluding carboxylic acids is 1. The van der Waals surface area contributed by atoms with Crippen LogP contribution in [0, 0.1) is 0 Å². The average molecular weight is 324 g/mol. The van der Waals surface area contributed by atoms with E-state index in [0.717, 1.165) is 0 Å². The fourth-order valence-electron chi connectivity index (χ4n) is 2.42. The van der Waals surface area contributed by atoms with Gasteiger partial charge < -0.3 is 14.3 Å². The van der Waals surface area contributed by atoms with Crippen molar-refractivity contribution in [3.8, 4) is 16.9 Å². The maximum Gasteiger partial charge on any atom is 0.344 e. The standard InChI is InChI=1S/C18H12O6/c1-10(19)23-12-6-7-16-11(8-12)9-15(18(22)24-16)13-4-2-3-5-14(13)17(20)21/h2-9H,1H3,(H,20,21). The number of carboxylic acid groups (broad SMARTS) is 1. The number of hydrogen-bond donors (Lipinski definition) is 1. The molecule has 6 nitrogen and oxygen atoms in total. The van der Waals surface area contributed by atoms with Gasteiger partial charge in [-0.15, -0.1) is 0 Å². The summed E-state index contributed by atoms with van der Waals surface area (Å²) in [4.78, 5) is 34.6. The van der Waals surface area contributed by atoms with Crippen molar-refractivity contribution in [2.75, 3.05) is 0 Å². The van der Waals surface area contributed by atoms with Crippen molar-refractivity contribution in [2.45, 2.75) is 6.92 Å². The number of ether oxygens (including phenoxy) is 1. The molecular formula is C18H12O6. The van der Waals surface area contributed by atoms with Gasteiger partial charge in [-0.3, -0.25) is 4.79 Å². The lowest BCUT2D eigenvalue weighted by Gasteiger charge is -2.07. The molecule has 0 aliphatic heterocycles. The van der Waals surface area contributed by atoms with Crippen LogP contribution in [0.5, 0.6) is 5.75 Å². The Morgan fingerprint density at radius 1 is 1.04 bits per heavy atom. The van der Waals surface area contributed by atoms with Gasteiger partial charge in [-0.05, 0) is 30.3 Å². The zero-order chi connectivity index (χ0) is 17.3. The summed E-state index contributed by atoms with van der Waals surface area (Å²) < 4.78 is 10.3. The minimum Gasteiger partial charge on any atom is -0.478 e. The third-order valence-electron chi connectivity index (χ3n) is 3.41. The predicted octanol–water partition coefficient (Wildman–Crippen LogP) is 3.08. The molecule has 3 rings (SSSR count). The first kappa shape index (κ1) is 15.5. The Morgan fingerprint density at radius 3 is 2.50 bits per heavy atom. The van der Waals surface area contributed by atoms with Crippen LogP contribution in [0.1, 0.15) is 17.3 Å². The van der Waals surface area contributed by atoms with E-state index in [-0.39, 0.29) is 16.7 Å². The van der Waals surface area contributed by atoms with Crippen molar-refractivity contribution in [3.05, 3.63) is 64.5 Å². The van der Waals surface area contributed by atoms with E-state index >= 15 is 0 Å². The highest BCUT2D eigenvalue weighted by Gasteiger charge is 2.15. The van der Waals surface area contributed by atoms with E-state index in [2.05, 4.69) is 0 Å². The second-order valence-electron chi connectivity index (χ2n) is 5.09. The zero-order valence-electron chi connectivity index (χ0n) is 12.6. The monoisotopic (exact) mass is 324 g/mol. The lowest BCUT2D eigenvalue weighted by Crippen LogP contribution is -2.07. The largest absolute Gasteiger partial charge is 0.478 e. The molecule has 1 heterocycles. The Bertz CT molecular complexity index is 1020. The SMILES string of the molecule is CC(=O)Oc1ccc2oc(=O)c(-c3ccccc3C(=O)O)cc2c1. The number of carboxylic acids is 1. The number of aromatic carboxylic acids is 1. The molecule has 0 spiro atoms. The molecule has 0 fully saturated rings. The summed E-state index contributed by atoms with van der Waals surface area (Å²) in [6.45, 7) is 1.28. The predicted molar refractivity (Wildman–Crippen MR) is 86.2 cm³/mol. The van der Waals surface area contributed by atoms with Crippen molar-refractivity contribution in [1.29, 1.82) is 0 Å². The Balaban J connectivity index is 2.22. The molecule has 24 heavy (non-hydrogen) atoms. The molecule has 0 aliphatic carbocycles. The fourth-order valence-corrected chi connectivity index (χ4v) is 2.42. The summed E-state index contributed by atoms with van der Waals surface area (Å²) in [5.41, 5.74) is 0.0585. The van der Waals surface area contributed by atoms with E-state index < -0.39 is 17.6 Å². The number of esters is 1. The molecule has 1 N–H and O–H groups in total. The molecule has 0 saturated carbocycles. The molecule has 120 valence electrons. The second kappa shape index (κ2) is 6.00. The van der Waals surface area contributed by atoms with Gasteiger partial charge in [-0.1, -0.05) is 18.2 Å². The van der Waals surface area contributed by atoms with Gasteiger partial charge in [0, 0.05) is 17.9 Å². The summed E-state index contributed by atoms with van der Waals surface area (Å²) in [5.74, 6) is -1.30. The molecule has 0 aliphatic rings. The van der Waals surface area contributed by atoms with Crippen LogP contribution in [-0.2, 0) is 4.79 Å². The summed E-state index contributed by atoms with van der Waals surface area (Å²) in [6.07, 6.45) is 0. The van der Waals surface area contributed by atoms with Gasteiger partial charge in [0.25, 0.3) is 0 Å². The Hall–Kier alpha value is -3.41. The van der Waals surface area contributed by atoms with Crippen LogP contribution < -0.4 is 10.4 Å². The van der Waals surface area contributed by atoms with Crippen LogP contribution in [0.25, 0.3) is 22.1 Å². The fraction of sp³-hybridized carbons (Fsp3) is 0.0556. The smallest absolute Gasteiger partial charge is 0.344 e. The molecule has 2 aromatic carbocycles. The molecule has 0 atom stereocenters. The Labute approximate surface area is 135 Å². The van der Waals surface area contributed by atoms with Gasteiger partial charge >= 0.3 is 17.6 Å². The first-order valence-corrected chi connectivity index (χ1v) is 7.05. The van der Waals surface area contributed by atoms with Gasteiger partial charge in [0.05, 0.1) is 11.1 Å². The topological polar surface area (TPSA) is 93.8 Å². The molecule has 3 aromatic rings. The summed E-state index contributed by atoms with van der Waals surface area (Å²) in [7, 11) is 0. The first-order chi connectivity index (χ1) is 11.5. The average Bonchev–Trinajstić information content (AvgIpc) is 2.54. The van der Waals surface area contributed by atoms with Crippen molar-refractivity contribution < 1.29 is 23.8 Å². The van der Waals surface area contributed by atoms with Crippen LogP contribution >= 0.6 is 0 Å². The van der Waals surface area contributed by atoms with Crippen molar-refractivity contribution in [2.24, 2.45) is 0 Å². The molecule has 6 heteroatoms. The number of fused-ring (bicyclic) bond motifs is 1. The van der Waals surface area contributed by atoms with Crippen LogP contribution in [0.4, 0.5) is 0 Å². The van der Waals surface area contributed by atoms with E-state index in [1.54, 1.807) is 18.2 Å². The minimum absolute atomic E-state index is 0.000269. The molecular weight excluding hydrogens is 312 g/mol. The number of carbonyl (C=O) groups is 2. The van der Waals surface area contributed by atoms with Gasteiger partial charge in [0.15, 0.2) is 0 Å². The second-order valence-corrected chi connectivity index (χ2v) is 5.09. The maximum absolute atomic E-state index is 12.2. The van der Waals surface area contributed by atoms with Crippen molar-refractivity contribution in [1.82, 2.24) is 0 Å². The van der Waals surface area contributed by atoms with Gasteiger partial charge in [-0.25, -0.2) is 9.59 Å². The van der Waals surface area contributed by atoms with Gasteiger partial charge in [0.1, 0.15) is 11.3 Å². The molecule has 0 amide bonds. The van der Waals surface area contributed by atoms with Gasteiger partial charge in [-0.2, -0.15) is 0 Å². The van der Waals surface area contributed by atoms with E-state index in [1.807, 2.05) is 0 Å². The highest BCUT2D eigenvalue weighted by Crippen LogP contribution is 2.26. The van der Waals surface area contributed by atoms with E-state index in [1.165, 1.54) is 37.3 Å².